The molecule has 0 fully saturated rings. The zero-order valence-electron chi connectivity index (χ0n) is 8.55. The minimum atomic E-state index is 0.761. The molecule has 0 saturated carbocycles. The van der Waals surface area contributed by atoms with Crippen molar-refractivity contribution in [2.45, 2.75) is 13.5 Å². The number of aromatic amines is 1. The summed E-state index contributed by atoms with van der Waals surface area (Å²) in [6, 6.07) is 9.92. The topological polar surface area (TPSA) is 27.8 Å². The van der Waals surface area contributed by atoms with Crippen molar-refractivity contribution in [2.24, 2.45) is 0 Å². The van der Waals surface area contributed by atoms with Gasteiger partial charge in [-0.3, -0.25) is 0 Å². The van der Waals surface area contributed by atoms with Crippen molar-refractivity contribution in [3.63, 3.8) is 0 Å². The number of aryl methyl sites for hydroxylation is 1. The van der Waals surface area contributed by atoms with Gasteiger partial charge in [-0.05, 0) is 30.7 Å². The highest BCUT2D eigenvalue weighted by molar-refractivity contribution is 6.33. The fourth-order valence-electron chi connectivity index (χ4n) is 1.52. The number of hydrogen-bond donors (Lipinski definition) is 2. The lowest BCUT2D eigenvalue weighted by atomic mass is 10.2. The molecule has 0 spiro atoms. The van der Waals surface area contributed by atoms with Crippen LogP contribution < -0.4 is 5.32 Å². The molecule has 78 valence electrons. The van der Waals surface area contributed by atoms with Gasteiger partial charge in [-0.1, -0.05) is 23.7 Å². The summed E-state index contributed by atoms with van der Waals surface area (Å²) in [7, 11) is 0. The number of anilines is 1. The summed E-state index contributed by atoms with van der Waals surface area (Å²) < 4.78 is 0. The van der Waals surface area contributed by atoms with E-state index in [0.29, 0.717) is 0 Å². The molecule has 3 heteroatoms. The third-order valence-electron chi connectivity index (χ3n) is 2.34. The molecule has 0 unspecified atom stereocenters. The summed E-state index contributed by atoms with van der Waals surface area (Å²) in [5, 5.41) is 4.09. The molecule has 0 aliphatic rings. The van der Waals surface area contributed by atoms with E-state index < -0.39 is 0 Å². The maximum atomic E-state index is 6.10. The maximum Gasteiger partial charge on any atom is 0.0640 e. The third kappa shape index (κ3) is 2.34. The second kappa shape index (κ2) is 4.41. The highest BCUT2D eigenvalue weighted by Gasteiger charge is 2.02. The highest BCUT2D eigenvalue weighted by Crippen LogP contribution is 2.25. The molecule has 1 aromatic heterocycles. The lowest BCUT2D eigenvalue weighted by molar-refractivity contribution is 1.07. The van der Waals surface area contributed by atoms with Gasteiger partial charge in [0.2, 0.25) is 0 Å². The Morgan fingerprint density at radius 1 is 1.27 bits per heavy atom. The van der Waals surface area contributed by atoms with Gasteiger partial charge in [0.05, 0.1) is 17.3 Å². The predicted octanol–water partition coefficient (Wildman–Crippen LogP) is 3.59. The fraction of sp³-hybridized carbons (Fsp3) is 0.167. The number of benzene rings is 1. The van der Waals surface area contributed by atoms with Crippen molar-refractivity contribution in [1.82, 2.24) is 4.98 Å². The van der Waals surface area contributed by atoms with Crippen LogP contribution in [0.3, 0.4) is 0 Å². The van der Waals surface area contributed by atoms with Gasteiger partial charge in [0.15, 0.2) is 0 Å². The number of para-hydroxylation sites is 1. The smallest absolute Gasteiger partial charge is 0.0640 e. The first-order valence-electron chi connectivity index (χ1n) is 4.88. The van der Waals surface area contributed by atoms with Crippen LogP contribution in [0, 0.1) is 6.92 Å². The molecule has 1 aromatic carbocycles. The Bertz CT molecular complexity index is 415. The molecular formula is C12H13ClN2. The molecule has 15 heavy (non-hydrogen) atoms. The summed E-state index contributed by atoms with van der Waals surface area (Å²) >= 11 is 6.10. The molecule has 0 bridgehead atoms. The van der Waals surface area contributed by atoms with Crippen molar-refractivity contribution < 1.29 is 0 Å². The van der Waals surface area contributed by atoms with Crippen molar-refractivity contribution >= 4 is 17.3 Å². The SMILES string of the molecule is Cc1cccc(Cl)c1NCc1ccc[nH]1. The highest BCUT2D eigenvalue weighted by atomic mass is 35.5. The number of hydrogen-bond acceptors (Lipinski definition) is 1. The van der Waals surface area contributed by atoms with Gasteiger partial charge >= 0.3 is 0 Å². The van der Waals surface area contributed by atoms with Crippen LogP contribution in [0.2, 0.25) is 5.02 Å². The van der Waals surface area contributed by atoms with Crippen LogP contribution in [-0.4, -0.2) is 4.98 Å². The fourth-order valence-corrected chi connectivity index (χ4v) is 1.81. The molecule has 2 nitrogen and oxygen atoms in total. The minimum absolute atomic E-state index is 0.761. The maximum absolute atomic E-state index is 6.10. The Labute approximate surface area is 94.3 Å². The summed E-state index contributed by atoms with van der Waals surface area (Å²) in [5.41, 5.74) is 3.32. The molecule has 2 aromatic rings. The van der Waals surface area contributed by atoms with Crippen LogP contribution in [-0.2, 0) is 6.54 Å². The first-order valence-corrected chi connectivity index (χ1v) is 5.26. The van der Waals surface area contributed by atoms with Crippen molar-refractivity contribution in [1.29, 1.82) is 0 Å². The summed E-state index contributed by atoms with van der Waals surface area (Å²) in [6.07, 6.45) is 1.91. The molecular weight excluding hydrogens is 208 g/mol. The number of H-pyrrole nitrogens is 1. The molecule has 0 amide bonds. The molecule has 0 atom stereocenters. The Morgan fingerprint density at radius 3 is 2.80 bits per heavy atom. The van der Waals surface area contributed by atoms with Gasteiger partial charge in [0, 0.05) is 11.9 Å². The molecule has 0 radical (unpaired) electrons. The summed E-state index contributed by atoms with van der Waals surface area (Å²) in [5.74, 6) is 0. The van der Waals surface area contributed by atoms with Crippen LogP contribution in [0.4, 0.5) is 5.69 Å². The second-order valence-electron chi connectivity index (χ2n) is 3.48. The molecule has 2 rings (SSSR count). The molecule has 0 aliphatic carbocycles. The van der Waals surface area contributed by atoms with Gasteiger partial charge < -0.3 is 10.3 Å². The quantitative estimate of drug-likeness (QED) is 0.813. The van der Waals surface area contributed by atoms with Crippen LogP contribution >= 0.6 is 11.6 Å². The summed E-state index contributed by atoms with van der Waals surface area (Å²) in [4.78, 5) is 3.14. The zero-order valence-corrected chi connectivity index (χ0v) is 9.31. The standard InChI is InChI=1S/C12H13ClN2/c1-9-4-2-6-11(13)12(9)15-8-10-5-3-7-14-10/h2-7,14-15H,8H2,1H3. The van der Waals surface area contributed by atoms with E-state index in [2.05, 4.69) is 10.3 Å². The monoisotopic (exact) mass is 220 g/mol. The molecule has 1 heterocycles. The van der Waals surface area contributed by atoms with E-state index in [1.807, 2.05) is 43.5 Å². The molecule has 0 aliphatic heterocycles. The molecule has 0 saturated heterocycles. The predicted molar refractivity (Wildman–Crippen MR) is 64.3 cm³/mol. The first-order chi connectivity index (χ1) is 7.27. The van der Waals surface area contributed by atoms with Crippen LogP contribution in [0.1, 0.15) is 11.3 Å². The van der Waals surface area contributed by atoms with Gasteiger partial charge in [-0.2, -0.15) is 0 Å². The molecule has 2 N–H and O–H groups in total. The number of aromatic nitrogens is 1. The van der Waals surface area contributed by atoms with E-state index in [1.54, 1.807) is 0 Å². The van der Waals surface area contributed by atoms with Gasteiger partial charge in [-0.15, -0.1) is 0 Å². The normalized spacial score (nSPS) is 10.3. The zero-order chi connectivity index (χ0) is 10.7. The average Bonchev–Trinajstić information content (AvgIpc) is 2.70. The van der Waals surface area contributed by atoms with Crippen molar-refractivity contribution in [3.05, 3.63) is 52.8 Å². The third-order valence-corrected chi connectivity index (χ3v) is 2.65. The Balaban J connectivity index is 2.11. The van der Waals surface area contributed by atoms with E-state index in [-0.39, 0.29) is 0 Å². The van der Waals surface area contributed by atoms with Crippen molar-refractivity contribution in [2.75, 3.05) is 5.32 Å². The second-order valence-corrected chi connectivity index (χ2v) is 3.89. The van der Waals surface area contributed by atoms with Gasteiger partial charge in [-0.25, -0.2) is 0 Å². The van der Waals surface area contributed by atoms with Crippen LogP contribution in [0.15, 0.2) is 36.5 Å². The number of nitrogens with one attached hydrogen (secondary N) is 2. The van der Waals surface area contributed by atoms with Gasteiger partial charge in [0.25, 0.3) is 0 Å². The lowest BCUT2D eigenvalue weighted by Gasteiger charge is -2.10. The minimum Gasteiger partial charge on any atom is -0.378 e. The van der Waals surface area contributed by atoms with Crippen molar-refractivity contribution in [3.8, 4) is 0 Å². The Hall–Kier alpha value is -1.41. The summed E-state index contributed by atoms with van der Waals surface area (Å²) in [6.45, 7) is 2.81. The Morgan fingerprint density at radius 2 is 2.13 bits per heavy atom. The van der Waals surface area contributed by atoms with E-state index in [9.17, 15) is 0 Å². The van der Waals surface area contributed by atoms with E-state index >= 15 is 0 Å². The van der Waals surface area contributed by atoms with Crippen LogP contribution in [0.5, 0.6) is 0 Å². The Kier molecular flexibility index (Phi) is 2.97. The van der Waals surface area contributed by atoms with E-state index in [0.717, 1.165) is 28.5 Å². The number of rotatable bonds is 3. The van der Waals surface area contributed by atoms with Crippen LogP contribution in [0.25, 0.3) is 0 Å². The largest absolute Gasteiger partial charge is 0.378 e. The van der Waals surface area contributed by atoms with E-state index in [1.165, 1.54) is 0 Å². The number of halogens is 1. The average molecular weight is 221 g/mol. The first kappa shape index (κ1) is 10.1. The van der Waals surface area contributed by atoms with Gasteiger partial charge in [0.1, 0.15) is 0 Å². The van der Waals surface area contributed by atoms with E-state index in [4.69, 9.17) is 11.6 Å². The lowest BCUT2D eigenvalue weighted by Crippen LogP contribution is -2.01.